The Morgan fingerprint density at radius 1 is 1.00 bits per heavy atom. The quantitative estimate of drug-likeness (QED) is 0.288. The van der Waals surface area contributed by atoms with Gasteiger partial charge in [-0.1, -0.05) is 60.7 Å². The Balaban J connectivity index is 1.48. The van der Waals surface area contributed by atoms with Crippen LogP contribution in [0, 0.1) is 5.92 Å². The van der Waals surface area contributed by atoms with Gasteiger partial charge in [-0.25, -0.2) is 0 Å². The first-order valence-electron chi connectivity index (χ1n) is 11.2. The van der Waals surface area contributed by atoms with E-state index in [4.69, 9.17) is 14.2 Å². The third kappa shape index (κ3) is 4.19. The number of carbonyl (C=O) groups is 1. The van der Waals surface area contributed by atoms with Crippen LogP contribution in [-0.2, 0) is 11.4 Å². The molecule has 0 saturated carbocycles. The molecule has 3 unspecified atom stereocenters. The summed E-state index contributed by atoms with van der Waals surface area (Å²) in [5.74, 6) is 2.15. The molecule has 3 atom stereocenters. The fourth-order valence-electron chi connectivity index (χ4n) is 4.90. The number of anilines is 1. The maximum Gasteiger partial charge on any atom is 0.308 e. The summed E-state index contributed by atoms with van der Waals surface area (Å²) >= 11 is 0. The zero-order chi connectivity index (χ0) is 22.8. The first-order valence-corrected chi connectivity index (χ1v) is 11.2. The number of hydrogen-bond acceptors (Lipinski definition) is 5. The summed E-state index contributed by atoms with van der Waals surface area (Å²) in [5.41, 5.74) is 4.52. The van der Waals surface area contributed by atoms with Gasteiger partial charge in [0.25, 0.3) is 0 Å². The minimum absolute atomic E-state index is 0.0688. The van der Waals surface area contributed by atoms with Crippen molar-refractivity contribution in [2.45, 2.75) is 31.9 Å². The van der Waals surface area contributed by atoms with Crippen LogP contribution in [0.5, 0.6) is 17.2 Å². The Kier molecular flexibility index (Phi) is 5.78. The van der Waals surface area contributed by atoms with Gasteiger partial charge in [-0.2, -0.15) is 0 Å². The average molecular weight is 442 g/mol. The molecule has 1 heterocycles. The van der Waals surface area contributed by atoms with Crippen molar-refractivity contribution in [3.8, 4) is 17.2 Å². The van der Waals surface area contributed by atoms with E-state index < -0.39 is 0 Å². The smallest absolute Gasteiger partial charge is 0.308 e. The number of esters is 1. The predicted octanol–water partition coefficient (Wildman–Crippen LogP) is 6.03. The lowest BCUT2D eigenvalue weighted by atomic mass is 9.77. The number of rotatable bonds is 6. The number of fused-ring (bicyclic) bond motifs is 3. The number of methoxy groups -OCH3 is 1. The molecule has 3 aromatic rings. The lowest BCUT2D eigenvalue weighted by Gasteiger charge is -2.38. The summed E-state index contributed by atoms with van der Waals surface area (Å²) in [5, 5.41) is 3.77. The molecule has 0 radical (unpaired) electrons. The second-order valence-corrected chi connectivity index (χ2v) is 8.47. The summed E-state index contributed by atoms with van der Waals surface area (Å²) in [6.45, 7) is 1.90. The molecule has 5 heteroatoms. The Hall–Kier alpha value is -3.73. The summed E-state index contributed by atoms with van der Waals surface area (Å²) in [7, 11) is 1.59. The summed E-state index contributed by atoms with van der Waals surface area (Å²) in [6.07, 6.45) is 5.56. The van der Waals surface area contributed by atoms with Crippen LogP contribution < -0.4 is 19.5 Å². The highest BCUT2D eigenvalue weighted by Gasteiger charge is 2.39. The molecular weight excluding hydrogens is 414 g/mol. The minimum atomic E-state index is -0.369. The van der Waals surface area contributed by atoms with E-state index in [1.54, 1.807) is 7.11 Å². The van der Waals surface area contributed by atoms with E-state index in [0.717, 1.165) is 29.0 Å². The van der Waals surface area contributed by atoms with E-state index in [2.05, 4.69) is 41.7 Å². The average Bonchev–Trinajstić information content (AvgIpc) is 3.33. The van der Waals surface area contributed by atoms with Gasteiger partial charge < -0.3 is 19.5 Å². The lowest BCUT2D eigenvalue weighted by Crippen LogP contribution is -2.29. The number of allylic oxidation sites excluding steroid dienone is 2. The number of ether oxygens (including phenoxy) is 3. The van der Waals surface area contributed by atoms with Crippen molar-refractivity contribution >= 4 is 11.7 Å². The summed E-state index contributed by atoms with van der Waals surface area (Å²) in [6, 6.07) is 22.3. The van der Waals surface area contributed by atoms with Crippen molar-refractivity contribution in [1.29, 1.82) is 0 Å². The first kappa shape index (κ1) is 21.1. The van der Waals surface area contributed by atoms with Crippen molar-refractivity contribution in [3.05, 3.63) is 95.6 Å². The van der Waals surface area contributed by atoms with Gasteiger partial charge >= 0.3 is 5.97 Å². The number of nitrogens with one attached hydrogen (secondary N) is 1. The largest absolute Gasteiger partial charge is 0.493 e. The molecule has 0 aromatic heterocycles. The van der Waals surface area contributed by atoms with Gasteiger partial charge in [0.05, 0.1) is 18.8 Å². The Bertz CT molecular complexity index is 1190. The highest BCUT2D eigenvalue weighted by atomic mass is 16.6. The van der Waals surface area contributed by atoms with E-state index >= 15 is 0 Å². The first-order chi connectivity index (χ1) is 16.1. The Labute approximate surface area is 194 Å². The molecule has 0 amide bonds. The van der Waals surface area contributed by atoms with Crippen molar-refractivity contribution in [1.82, 2.24) is 0 Å². The highest BCUT2D eigenvalue weighted by Crippen LogP contribution is 2.52. The molecule has 0 fully saturated rings. The van der Waals surface area contributed by atoms with Gasteiger partial charge in [0, 0.05) is 12.8 Å². The molecule has 0 bridgehead atoms. The van der Waals surface area contributed by atoms with E-state index in [0.29, 0.717) is 29.9 Å². The third-order valence-corrected chi connectivity index (χ3v) is 6.40. The third-order valence-electron chi connectivity index (χ3n) is 6.40. The van der Waals surface area contributed by atoms with E-state index in [1.807, 2.05) is 42.5 Å². The zero-order valence-electron chi connectivity index (χ0n) is 18.8. The number of benzene rings is 3. The van der Waals surface area contributed by atoms with E-state index in [1.165, 1.54) is 12.5 Å². The van der Waals surface area contributed by atoms with E-state index in [-0.39, 0.29) is 12.0 Å². The SMILES string of the molecule is COc1cc(C2Nc3c(OCc4ccccc4)cccc3C3C=CCC32)ccc1OC(C)=O. The van der Waals surface area contributed by atoms with Gasteiger partial charge in [0.2, 0.25) is 0 Å². The molecule has 33 heavy (non-hydrogen) atoms. The zero-order valence-corrected chi connectivity index (χ0v) is 18.8. The normalized spacial score (nSPS) is 20.4. The van der Waals surface area contributed by atoms with Crippen LogP contribution in [0.4, 0.5) is 5.69 Å². The fraction of sp³-hybridized carbons (Fsp3) is 0.250. The van der Waals surface area contributed by atoms with Gasteiger partial charge in [-0.15, -0.1) is 0 Å². The van der Waals surface area contributed by atoms with Gasteiger partial charge in [0.15, 0.2) is 11.5 Å². The molecule has 5 nitrogen and oxygen atoms in total. The van der Waals surface area contributed by atoms with Gasteiger partial charge in [0.1, 0.15) is 12.4 Å². The maximum absolute atomic E-state index is 11.4. The lowest BCUT2D eigenvalue weighted by molar-refractivity contribution is -0.132. The fourth-order valence-corrected chi connectivity index (χ4v) is 4.90. The van der Waals surface area contributed by atoms with Crippen molar-refractivity contribution in [2.24, 2.45) is 5.92 Å². The molecule has 3 aromatic carbocycles. The van der Waals surface area contributed by atoms with Crippen LogP contribution in [0.15, 0.2) is 78.9 Å². The summed E-state index contributed by atoms with van der Waals surface area (Å²) in [4.78, 5) is 11.4. The minimum Gasteiger partial charge on any atom is -0.493 e. The number of hydrogen-bond donors (Lipinski definition) is 1. The molecule has 168 valence electrons. The van der Waals surface area contributed by atoms with E-state index in [9.17, 15) is 4.79 Å². The molecule has 5 rings (SSSR count). The summed E-state index contributed by atoms with van der Waals surface area (Å²) < 4.78 is 17.1. The topological polar surface area (TPSA) is 56.8 Å². The number of carbonyl (C=O) groups excluding carboxylic acids is 1. The van der Waals surface area contributed by atoms with Crippen molar-refractivity contribution < 1.29 is 19.0 Å². The maximum atomic E-state index is 11.4. The Morgan fingerprint density at radius 3 is 2.64 bits per heavy atom. The predicted molar refractivity (Wildman–Crippen MR) is 128 cm³/mol. The molecule has 1 N–H and O–H groups in total. The molecule has 1 aliphatic carbocycles. The van der Waals surface area contributed by atoms with Gasteiger partial charge in [-0.3, -0.25) is 4.79 Å². The van der Waals surface area contributed by atoms with Crippen molar-refractivity contribution in [3.63, 3.8) is 0 Å². The van der Waals surface area contributed by atoms with Gasteiger partial charge in [-0.05, 0) is 47.2 Å². The molecule has 1 aliphatic heterocycles. The molecular formula is C28H27NO4. The van der Waals surface area contributed by atoms with Crippen LogP contribution in [0.25, 0.3) is 0 Å². The highest BCUT2D eigenvalue weighted by molar-refractivity contribution is 5.71. The van der Waals surface area contributed by atoms with Crippen LogP contribution in [0.1, 0.15) is 42.0 Å². The molecule has 0 spiro atoms. The second kappa shape index (κ2) is 9.02. The monoisotopic (exact) mass is 441 g/mol. The van der Waals surface area contributed by atoms with Crippen LogP contribution >= 0.6 is 0 Å². The second-order valence-electron chi connectivity index (χ2n) is 8.47. The molecule has 0 saturated heterocycles. The van der Waals surface area contributed by atoms with Crippen LogP contribution in [0.2, 0.25) is 0 Å². The van der Waals surface area contributed by atoms with Crippen LogP contribution in [-0.4, -0.2) is 13.1 Å². The van der Waals surface area contributed by atoms with Crippen LogP contribution in [0.3, 0.4) is 0 Å². The van der Waals surface area contributed by atoms with Crippen molar-refractivity contribution in [2.75, 3.05) is 12.4 Å². The number of para-hydroxylation sites is 1. The molecule has 2 aliphatic rings. The Morgan fingerprint density at radius 2 is 1.85 bits per heavy atom. The standard InChI is InChI=1S/C28H27NO4/c1-18(30)33-24-15-14-20(16-26(24)31-2)27-22-11-6-10-21(22)23-12-7-13-25(28(23)29-27)32-17-19-8-4-3-5-9-19/h3-10,12-16,21-22,27,29H,11,17H2,1-2H3.